The Balaban J connectivity index is 4.89. The van der Waals surface area contributed by atoms with E-state index in [1.807, 2.05) is 0 Å². The van der Waals surface area contributed by atoms with Crippen LogP contribution in [0.15, 0.2) is 23.5 Å². The lowest BCUT2D eigenvalue weighted by Crippen LogP contribution is -2.19. The van der Waals surface area contributed by atoms with Crippen molar-refractivity contribution in [2.24, 2.45) is 11.5 Å². The van der Waals surface area contributed by atoms with E-state index in [0.29, 0.717) is 0 Å². The highest BCUT2D eigenvalue weighted by molar-refractivity contribution is 6.70. The lowest BCUT2D eigenvalue weighted by molar-refractivity contribution is -0.110. The number of hydrogen-bond donors (Lipinski definition) is 2. The Bertz CT molecular complexity index is 306. The normalized spacial score (nSPS) is 15.1. The third kappa shape index (κ3) is 6.28. The maximum atomic E-state index is 11.3. The Hall–Kier alpha value is 0.490. The molecule has 0 rings (SSSR count). The van der Waals surface area contributed by atoms with Gasteiger partial charge in [-0.1, -0.05) is 69.6 Å². The number of nitrogens with two attached hydrogens (primary N) is 2. The van der Waals surface area contributed by atoms with Gasteiger partial charge in [-0.2, -0.15) is 0 Å². The summed E-state index contributed by atoms with van der Waals surface area (Å²) >= 11 is 32.5. The molecule has 4 N–H and O–H groups in total. The molecule has 16 heavy (non-hydrogen) atoms. The molecule has 0 aliphatic carbocycles. The van der Waals surface area contributed by atoms with Crippen molar-refractivity contribution >= 4 is 75.4 Å². The van der Waals surface area contributed by atoms with Gasteiger partial charge in [-0.15, -0.1) is 0 Å². The monoisotopic (exact) mass is 344 g/mol. The fourth-order valence-electron chi connectivity index (χ4n) is 0.512. The van der Waals surface area contributed by atoms with Crippen LogP contribution in [-0.4, -0.2) is 13.4 Å². The molecule has 0 amide bonds. The smallest absolute Gasteiger partial charge is 0.230 e. The van der Waals surface area contributed by atoms with Crippen LogP contribution in [0.3, 0.4) is 0 Å². The molecule has 0 heterocycles. The molecule has 0 aliphatic rings. The lowest BCUT2D eigenvalue weighted by atomic mass is 10.3. The second kappa shape index (κ2) is 5.89. The zero-order valence-electron chi connectivity index (χ0n) is 7.49. The number of allylic oxidation sites excluding steroid dienone is 4. The Morgan fingerprint density at radius 1 is 0.812 bits per heavy atom. The van der Waals surface area contributed by atoms with E-state index in [0.717, 1.165) is 12.2 Å². The topological polar surface area (TPSA) is 69.1 Å². The Morgan fingerprint density at radius 3 is 1.25 bits per heavy atom. The van der Waals surface area contributed by atoms with Crippen molar-refractivity contribution in [3.63, 3.8) is 0 Å². The summed E-state index contributed by atoms with van der Waals surface area (Å²) in [5.41, 5.74) is 10.1. The highest BCUT2D eigenvalue weighted by atomic mass is 35.6. The molecule has 0 atom stereocenters. The van der Waals surface area contributed by atoms with Gasteiger partial charge in [0, 0.05) is 12.2 Å². The van der Waals surface area contributed by atoms with Crippen LogP contribution in [0, 0.1) is 0 Å². The Morgan fingerprint density at radius 2 is 1.06 bits per heavy atom. The highest BCUT2D eigenvalue weighted by Gasteiger charge is 2.26. The average molecular weight is 347 g/mol. The van der Waals surface area contributed by atoms with Crippen molar-refractivity contribution in [2.75, 3.05) is 0 Å². The van der Waals surface area contributed by atoms with Crippen molar-refractivity contribution in [1.82, 2.24) is 0 Å². The molecule has 9 heteroatoms. The Kier molecular flexibility index (Phi) is 6.07. The number of alkyl halides is 6. The van der Waals surface area contributed by atoms with E-state index in [1.54, 1.807) is 0 Å². The van der Waals surface area contributed by atoms with Gasteiger partial charge in [-0.3, -0.25) is 4.79 Å². The second-order valence-corrected chi connectivity index (χ2v) is 7.16. The van der Waals surface area contributed by atoms with Crippen LogP contribution < -0.4 is 11.5 Å². The van der Waals surface area contributed by atoms with Crippen LogP contribution in [0.4, 0.5) is 0 Å². The first kappa shape index (κ1) is 16.5. The van der Waals surface area contributed by atoms with E-state index >= 15 is 0 Å². The van der Waals surface area contributed by atoms with Crippen LogP contribution >= 0.6 is 69.6 Å². The number of rotatable bonds is 2. The van der Waals surface area contributed by atoms with Crippen LogP contribution in [0.5, 0.6) is 0 Å². The zero-order valence-corrected chi connectivity index (χ0v) is 12.0. The Labute approximate surface area is 122 Å². The maximum absolute atomic E-state index is 11.3. The largest absolute Gasteiger partial charge is 0.398 e. The average Bonchev–Trinajstić information content (AvgIpc) is 1.99. The third-order valence-electron chi connectivity index (χ3n) is 1.25. The third-order valence-corrected chi connectivity index (χ3v) is 2.56. The van der Waals surface area contributed by atoms with Gasteiger partial charge in [-0.25, -0.2) is 0 Å². The summed E-state index contributed by atoms with van der Waals surface area (Å²) in [4.78, 5) is 11.3. The van der Waals surface area contributed by atoms with Crippen LogP contribution in [0.25, 0.3) is 0 Å². The minimum Gasteiger partial charge on any atom is -0.398 e. The molecule has 0 aromatic rings. The minimum atomic E-state index is -1.88. The summed E-state index contributed by atoms with van der Waals surface area (Å²) in [6.45, 7) is 0. The van der Waals surface area contributed by atoms with E-state index in [2.05, 4.69) is 0 Å². The molecule has 0 unspecified atom stereocenters. The van der Waals surface area contributed by atoms with Crippen LogP contribution in [-0.2, 0) is 4.79 Å². The number of carbonyl (C=O) groups is 1. The zero-order chi connectivity index (χ0) is 13.1. The SMILES string of the molecule is N/C(=C\C(=O)/C=C(\N)C(Cl)(Cl)Cl)C(Cl)(Cl)Cl. The first-order valence-electron chi connectivity index (χ1n) is 3.57. The summed E-state index contributed by atoms with van der Waals surface area (Å²) < 4.78 is -3.75. The molecule has 3 nitrogen and oxygen atoms in total. The minimum absolute atomic E-state index is 0.268. The number of carbonyl (C=O) groups excluding carboxylic acids is 1. The fourth-order valence-corrected chi connectivity index (χ4v) is 0.839. The first-order chi connectivity index (χ1) is 6.94. The highest BCUT2D eigenvalue weighted by Crippen LogP contribution is 2.32. The molecular formula is C7H6Cl6N2O. The van der Waals surface area contributed by atoms with Gasteiger partial charge < -0.3 is 11.5 Å². The molecule has 0 spiro atoms. The molecule has 0 aromatic heterocycles. The number of halogens is 6. The fraction of sp³-hybridized carbons (Fsp3) is 0.286. The van der Waals surface area contributed by atoms with Crippen molar-refractivity contribution in [3.8, 4) is 0 Å². The quantitative estimate of drug-likeness (QED) is 0.596. The standard InChI is InChI=1S/C7H6Cl6N2O/c8-6(9,10)4(14)1-3(16)2-5(15)7(11,12)13/h1-2H,14-15H2/b4-1-,5-2-. The van der Waals surface area contributed by atoms with Gasteiger partial charge in [0.05, 0.1) is 11.4 Å². The van der Waals surface area contributed by atoms with Crippen molar-refractivity contribution in [3.05, 3.63) is 23.5 Å². The molecule has 0 saturated heterocycles. The second-order valence-electron chi connectivity index (χ2n) is 2.60. The van der Waals surface area contributed by atoms with Gasteiger partial charge in [0.15, 0.2) is 5.78 Å². The van der Waals surface area contributed by atoms with Crippen molar-refractivity contribution < 1.29 is 4.79 Å². The molecule has 0 aliphatic heterocycles. The van der Waals surface area contributed by atoms with Gasteiger partial charge in [0.25, 0.3) is 0 Å². The molecule has 92 valence electrons. The predicted octanol–water partition coefficient (Wildman–Crippen LogP) is 2.98. The predicted molar refractivity (Wildman–Crippen MR) is 70.1 cm³/mol. The molecule has 0 bridgehead atoms. The summed E-state index contributed by atoms with van der Waals surface area (Å²) in [6, 6.07) is 0. The number of ketones is 1. The molecule has 0 aromatic carbocycles. The maximum Gasteiger partial charge on any atom is 0.230 e. The molecule has 0 radical (unpaired) electrons. The van der Waals surface area contributed by atoms with E-state index in [1.165, 1.54) is 0 Å². The van der Waals surface area contributed by atoms with Gasteiger partial charge >= 0.3 is 0 Å². The van der Waals surface area contributed by atoms with Crippen molar-refractivity contribution in [1.29, 1.82) is 0 Å². The lowest BCUT2D eigenvalue weighted by Gasteiger charge is -2.11. The summed E-state index contributed by atoms with van der Waals surface area (Å²) in [5.74, 6) is -0.660. The molecule has 0 saturated carbocycles. The number of hydrogen-bond acceptors (Lipinski definition) is 3. The molecular weight excluding hydrogens is 341 g/mol. The van der Waals surface area contributed by atoms with E-state index in [-0.39, 0.29) is 11.4 Å². The summed E-state index contributed by atoms with van der Waals surface area (Å²) in [7, 11) is 0. The summed E-state index contributed by atoms with van der Waals surface area (Å²) in [6.07, 6.45) is 1.74. The van der Waals surface area contributed by atoms with Crippen LogP contribution in [0.1, 0.15) is 0 Å². The van der Waals surface area contributed by atoms with E-state index in [4.69, 9.17) is 81.1 Å². The summed E-state index contributed by atoms with van der Waals surface area (Å²) in [5, 5.41) is 0. The van der Waals surface area contributed by atoms with Gasteiger partial charge in [0.1, 0.15) is 0 Å². The van der Waals surface area contributed by atoms with Crippen LogP contribution in [0.2, 0.25) is 0 Å². The van der Waals surface area contributed by atoms with E-state index in [9.17, 15) is 4.79 Å². The van der Waals surface area contributed by atoms with E-state index < -0.39 is 13.4 Å². The van der Waals surface area contributed by atoms with Crippen molar-refractivity contribution in [2.45, 2.75) is 7.59 Å². The molecule has 0 fully saturated rings. The first-order valence-corrected chi connectivity index (χ1v) is 5.84. The van der Waals surface area contributed by atoms with Gasteiger partial charge in [-0.05, 0) is 0 Å². The van der Waals surface area contributed by atoms with Gasteiger partial charge in [0.2, 0.25) is 7.59 Å².